The molecular weight excluding hydrogens is 190 g/mol. The van der Waals surface area contributed by atoms with Crippen LogP contribution in [0.3, 0.4) is 0 Å². The van der Waals surface area contributed by atoms with Crippen molar-refractivity contribution >= 4 is 5.69 Å². The molecule has 2 aromatic rings. The van der Waals surface area contributed by atoms with Crippen LogP contribution < -0.4 is 11.3 Å². The van der Waals surface area contributed by atoms with Crippen LogP contribution >= 0.6 is 0 Å². The molecule has 0 bridgehead atoms. The van der Waals surface area contributed by atoms with Gasteiger partial charge in [-0.2, -0.15) is 0 Å². The summed E-state index contributed by atoms with van der Waals surface area (Å²) in [5, 5.41) is 0. The highest BCUT2D eigenvalue weighted by atomic mass is 16.1. The Morgan fingerprint density at radius 3 is 2.87 bits per heavy atom. The molecule has 0 aliphatic heterocycles. The molecular formula is C11H11N3O. The molecule has 0 amide bonds. The molecule has 0 unspecified atom stereocenters. The van der Waals surface area contributed by atoms with Crippen molar-refractivity contribution in [1.82, 2.24) is 9.55 Å². The van der Waals surface area contributed by atoms with Gasteiger partial charge in [0.15, 0.2) is 5.82 Å². The van der Waals surface area contributed by atoms with Crippen molar-refractivity contribution in [3.8, 4) is 5.82 Å². The first-order chi connectivity index (χ1) is 7.18. The fraction of sp³-hybridized carbons (Fsp3) is 0.0909. The Labute approximate surface area is 87.0 Å². The lowest BCUT2D eigenvalue weighted by Gasteiger charge is -2.07. The van der Waals surface area contributed by atoms with Crippen molar-refractivity contribution in [2.45, 2.75) is 6.92 Å². The summed E-state index contributed by atoms with van der Waals surface area (Å²) in [6.07, 6.45) is 3.33. The second-order valence-corrected chi connectivity index (χ2v) is 3.33. The highest BCUT2D eigenvalue weighted by molar-refractivity contribution is 5.54. The molecule has 0 saturated heterocycles. The first kappa shape index (κ1) is 9.45. The normalized spacial score (nSPS) is 10.2. The molecule has 0 aliphatic rings. The maximum Gasteiger partial charge on any atom is 0.256 e. The van der Waals surface area contributed by atoms with E-state index >= 15 is 0 Å². The molecule has 4 nitrogen and oxygen atoms in total. The zero-order valence-electron chi connectivity index (χ0n) is 8.34. The summed E-state index contributed by atoms with van der Waals surface area (Å²) >= 11 is 0. The number of hydrogen-bond donors (Lipinski definition) is 1. The Hall–Kier alpha value is -2.10. The van der Waals surface area contributed by atoms with Gasteiger partial charge in [0.1, 0.15) is 0 Å². The first-order valence-corrected chi connectivity index (χ1v) is 4.58. The summed E-state index contributed by atoms with van der Waals surface area (Å²) in [7, 11) is 0. The van der Waals surface area contributed by atoms with Crippen molar-refractivity contribution < 1.29 is 0 Å². The summed E-state index contributed by atoms with van der Waals surface area (Å²) in [5.41, 5.74) is 7.14. The van der Waals surface area contributed by atoms with E-state index in [9.17, 15) is 4.79 Å². The standard InChI is InChI=1S/C11H11N3O/c1-8-6-9(12)11(13-7-8)14-5-3-2-4-10(14)15/h2-7H,12H2,1H3. The fourth-order valence-electron chi connectivity index (χ4n) is 1.39. The molecule has 2 aromatic heterocycles. The summed E-state index contributed by atoms with van der Waals surface area (Å²) in [6, 6.07) is 6.72. The molecule has 0 atom stereocenters. The first-order valence-electron chi connectivity index (χ1n) is 4.58. The second-order valence-electron chi connectivity index (χ2n) is 3.33. The molecule has 0 radical (unpaired) electrons. The Bertz CT molecular complexity index is 546. The minimum atomic E-state index is -0.138. The monoisotopic (exact) mass is 201 g/mol. The fourth-order valence-corrected chi connectivity index (χ4v) is 1.39. The second kappa shape index (κ2) is 3.57. The number of nitrogens with two attached hydrogens (primary N) is 1. The van der Waals surface area contributed by atoms with Crippen LogP contribution in [0.15, 0.2) is 41.5 Å². The van der Waals surface area contributed by atoms with Crippen molar-refractivity contribution in [2.75, 3.05) is 5.73 Å². The number of aryl methyl sites for hydroxylation is 1. The van der Waals surface area contributed by atoms with E-state index in [1.54, 1.807) is 30.6 Å². The molecule has 0 spiro atoms. The summed E-state index contributed by atoms with van der Waals surface area (Å²) < 4.78 is 1.43. The zero-order valence-corrected chi connectivity index (χ0v) is 8.34. The van der Waals surface area contributed by atoms with Gasteiger partial charge in [0.05, 0.1) is 5.69 Å². The minimum Gasteiger partial charge on any atom is -0.396 e. The summed E-state index contributed by atoms with van der Waals surface area (Å²) in [6.45, 7) is 1.90. The number of rotatable bonds is 1. The Balaban J connectivity index is 2.65. The van der Waals surface area contributed by atoms with E-state index in [4.69, 9.17) is 5.73 Å². The van der Waals surface area contributed by atoms with E-state index in [1.807, 2.05) is 6.92 Å². The lowest BCUT2D eigenvalue weighted by Crippen LogP contribution is -2.18. The SMILES string of the molecule is Cc1cnc(-n2ccccc2=O)c(N)c1. The van der Waals surface area contributed by atoms with Gasteiger partial charge in [0, 0.05) is 18.5 Å². The van der Waals surface area contributed by atoms with Gasteiger partial charge in [-0.25, -0.2) is 4.98 Å². The third-order valence-corrected chi connectivity index (χ3v) is 2.08. The van der Waals surface area contributed by atoms with Crippen LogP contribution in [0.25, 0.3) is 5.82 Å². The van der Waals surface area contributed by atoms with Crippen LogP contribution in [0.1, 0.15) is 5.56 Å². The quantitative estimate of drug-likeness (QED) is 0.752. The van der Waals surface area contributed by atoms with Crippen LogP contribution in [0.2, 0.25) is 0 Å². The van der Waals surface area contributed by atoms with E-state index in [-0.39, 0.29) is 5.56 Å². The highest BCUT2D eigenvalue weighted by Crippen LogP contribution is 2.13. The number of hydrogen-bond acceptors (Lipinski definition) is 3. The van der Waals surface area contributed by atoms with E-state index in [0.29, 0.717) is 11.5 Å². The van der Waals surface area contributed by atoms with Crippen LogP contribution in [0, 0.1) is 6.92 Å². The predicted octanol–water partition coefficient (Wildman–Crippen LogP) is 1.12. The smallest absolute Gasteiger partial charge is 0.256 e. The Kier molecular flexibility index (Phi) is 2.25. The predicted molar refractivity (Wildman–Crippen MR) is 59.0 cm³/mol. The number of pyridine rings is 2. The van der Waals surface area contributed by atoms with Gasteiger partial charge in [-0.15, -0.1) is 0 Å². The van der Waals surface area contributed by atoms with E-state index < -0.39 is 0 Å². The molecule has 0 saturated carbocycles. The molecule has 2 heterocycles. The lowest BCUT2D eigenvalue weighted by atomic mass is 10.3. The lowest BCUT2D eigenvalue weighted by molar-refractivity contribution is 0.941. The Morgan fingerprint density at radius 2 is 2.20 bits per heavy atom. The maximum absolute atomic E-state index is 11.5. The zero-order chi connectivity index (χ0) is 10.8. The van der Waals surface area contributed by atoms with Gasteiger partial charge in [-0.05, 0) is 24.6 Å². The van der Waals surface area contributed by atoms with Gasteiger partial charge in [-0.1, -0.05) is 6.07 Å². The average molecular weight is 201 g/mol. The van der Waals surface area contributed by atoms with Crippen molar-refractivity contribution in [2.24, 2.45) is 0 Å². The maximum atomic E-state index is 11.5. The van der Waals surface area contributed by atoms with Crippen molar-refractivity contribution in [3.05, 3.63) is 52.6 Å². The van der Waals surface area contributed by atoms with E-state index in [2.05, 4.69) is 4.98 Å². The van der Waals surface area contributed by atoms with Gasteiger partial charge in [-0.3, -0.25) is 9.36 Å². The highest BCUT2D eigenvalue weighted by Gasteiger charge is 2.04. The summed E-state index contributed by atoms with van der Waals surface area (Å²) in [4.78, 5) is 15.7. The molecule has 4 heteroatoms. The van der Waals surface area contributed by atoms with E-state index in [1.165, 1.54) is 10.6 Å². The van der Waals surface area contributed by atoms with Crippen molar-refractivity contribution in [1.29, 1.82) is 0 Å². The number of anilines is 1. The molecule has 15 heavy (non-hydrogen) atoms. The van der Waals surface area contributed by atoms with Crippen LogP contribution in [0.5, 0.6) is 0 Å². The number of nitrogen functional groups attached to an aromatic ring is 1. The average Bonchev–Trinajstić information content (AvgIpc) is 2.20. The van der Waals surface area contributed by atoms with Gasteiger partial charge in [0.25, 0.3) is 5.56 Å². The molecule has 2 rings (SSSR count). The van der Waals surface area contributed by atoms with Crippen LogP contribution in [-0.2, 0) is 0 Å². The van der Waals surface area contributed by atoms with Gasteiger partial charge >= 0.3 is 0 Å². The molecule has 76 valence electrons. The minimum absolute atomic E-state index is 0.138. The third kappa shape index (κ3) is 1.74. The summed E-state index contributed by atoms with van der Waals surface area (Å²) in [5.74, 6) is 0.478. The van der Waals surface area contributed by atoms with Crippen molar-refractivity contribution in [3.63, 3.8) is 0 Å². The molecule has 0 aromatic carbocycles. The Morgan fingerprint density at radius 1 is 1.40 bits per heavy atom. The molecule has 2 N–H and O–H groups in total. The van der Waals surface area contributed by atoms with Crippen LogP contribution in [-0.4, -0.2) is 9.55 Å². The van der Waals surface area contributed by atoms with E-state index in [0.717, 1.165) is 5.56 Å². The number of aromatic nitrogens is 2. The molecule has 0 aliphatic carbocycles. The van der Waals surface area contributed by atoms with Gasteiger partial charge < -0.3 is 5.73 Å². The molecule has 0 fully saturated rings. The largest absolute Gasteiger partial charge is 0.396 e. The van der Waals surface area contributed by atoms with Gasteiger partial charge in [0.2, 0.25) is 0 Å². The van der Waals surface area contributed by atoms with Crippen LogP contribution in [0.4, 0.5) is 5.69 Å². The third-order valence-electron chi connectivity index (χ3n) is 2.08. The number of nitrogens with zero attached hydrogens (tertiary/aromatic N) is 2. The topological polar surface area (TPSA) is 60.9 Å².